The number of nitrogens with one attached hydrogen (secondary N) is 1. The highest BCUT2D eigenvalue weighted by Crippen LogP contribution is 2.22. The number of carbonyl (C=O) groups excluding carboxylic acids is 1. The first kappa shape index (κ1) is 14.0. The number of carboxylic acids is 1. The molecule has 0 bridgehead atoms. The average molecular weight is 242 g/mol. The topological polar surface area (TPSA) is 69.6 Å². The average Bonchev–Trinajstić information content (AvgIpc) is 2.60. The lowest BCUT2D eigenvalue weighted by atomic mass is 9.99. The number of aliphatic carboxylic acids is 1. The third-order valence-corrected chi connectivity index (χ3v) is 3.22. The first-order chi connectivity index (χ1) is 8.04. The van der Waals surface area contributed by atoms with Gasteiger partial charge in [0.15, 0.2) is 0 Å². The summed E-state index contributed by atoms with van der Waals surface area (Å²) in [7, 11) is 0. The molecule has 0 aromatic rings. The van der Waals surface area contributed by atoms with Gasteiger partial charge >= 0.3 is 5.97 Å². The van der Waals surface area contributed by atoms with Gasteiger partial charge in [-0.1, -0.05) is 20.3 Å². The second-order valence-corrected chi connectivity index (χ2v) is 4.82. The standard InChI is InChI=1S/C12H22N2O3/c1-3-4-5-13-11(15)8-14-6-9(2)10(7-14)12(16)17/h9-10H,3-8H2,1-2H3,(H,13,15)(H,16,17). The van der Waals surface area contributed by atoms with Crippen LogP contribution in [0.15, 0.2) is 0 Å². The third-order valence-electron chi connectivity index (χ3n) is 3.22. The van der Waals surface area contributed by atoms with Crippen molar-refractivity contribution >= 4 is 11.9 Å². The quantitative estimate of drug-likeness (QED) is 0.668. The first-order valence-electron chi connectivity index (χ1n) is 6.26. The zero-order chi connectivity index (χ0) is 12.8. The first-order valence-corrected chi connectivity index (χ1v) is 6.26. The zero-order valence-electron chi connectivity index (χ0n) is 10.6. The van der Waals surface area contributed by atoms with Crippen LogP contribution in [0.4, 0.5) is 0 Å². The van der Waals surface area contributed by atoms with Gasteiger partial charge < -0.3 is 10.4 Å². The SMILES string of the molecule is CCCCNC(=O)CN1CC(C)C(C(=O)O)C1. The summed E-state index contributed by atoms with van der Waals surface area (Å²) >= 11 is 0. The summed E-state index contributed by atoms with van der Waals surface area (Å²) in [6.45, 7) is 6.20. The van der Waals surface area contributed by atoms with Crippen LogP contribution in [0.5, 0.6) is 0 Å². The molecule has 1 fully saturated rings. The van der Waals surface area contributed by atoms with Crippen LogP contribution in [0.1, 0.15) is 26.7 Å². The number of hydrogen-bond acceptors (Lipinski definition) is 3. The van der Waals surface area contributed by atoms with Crippen LogP contribution < -0.4 is 5.32 Å². The molecule has 0 aliphatic carbocycles. The Balaban J connectivity index is 2.29. The summed E-state index contributed by atoms with van der Waals surface area (Å²) in [5.74, 6) is -0.975. The van der Waals surface area contributed by atoms with Crippen molar-refractivity contribution in [2.24, 2.45) is 11.8 Å². The molecule has 2 atom stereocenters. The van der Waals surface area contributed by atoms with Gasteiger partial charge in [-0.15, -0.1) is 0 Å². The molecule has 0 saturated carbocycles. The van der Waals surface area contributed by atoms with E-state index < -0.39 is 5.97 Å². The molecule has 0 spiro atoms. The van der Waals surface area contributed by atoms with Crippen molar-refractivity contribution in [3.8, 4) is 0 Å². The molecule has 2 N–H and O–H groups in total. The number of likely N-dealkylation sites (tertiary alicyclic amines) is 1. The molecule has 5 heteroatoms. The van der Waals surface area contributed by atoms with E-state index in [0.717, 1.165) is 12.8 Å². The molecule has 1 heterocycles. The fourth-order valence-corrected chi connectivity index (χ4v) is 2.18. The molecule has 1 saturated heterocycles. The molecule has 17 heavy (non-hydrogen) atoms. The van der Waals surface area contributed by atoms with E-state index in [1.54, 1.807) is 0 Å². The monoisotopic (exact) mass is 242 g/mol. The van der Waals surface area contributed by atoms with Crippen LogP contribution >= 0.6 is 0 Å². The molecular weight excluding hydrogens is 220 g/mol. The third kappa shape index (κ3) is 4.34. The van der Waals surface area contributed by atoms with Crippen LogP contribution in [0.25, 0.3) is 0 Å². The largest absolute Gasteiger partial charge is 0.481 e. The van der Waals surface area contributed by atoms with Crippen molar-refractivity contribution in [1.82, 2.24) is 10.2 Å². The van der Waals surface area contributed by atoms with Crippen molar-refractivity contribution in [3.63, 3.8) is 0 Å². The van der Waals surface area contributed by atoms with Gasteiger partial charge in [-0.2, -0.15) is 0 Å². The lowest BCUT2D eigenvalue weighted by molar-refractivity contribution is -0.142. The van der Waals surface area contributed by atoms with Gasteiger partial charge in [-0.3, -0.25) is 14.5 Å². The van der Waals surface area contributed by atoms with Gasteiger partial charge in [-0.25, -0.2) is 0 Å². The van der Waals surface area contributed by atoms with Crippen LogP contribution in [-0.4, -0.2) is 48.1 Å². The summed E-state index contributed by atoms with van der Waals surface area (Å²) in [5, 5.41) is 11.8. The molecule has 5 nitrogen and oxygen atoms in total. The lowest BCUT2D eigenvalue weighted by Crippen LogP contribution is -2.36. The lowest BCUT2D eigenvalue weighted by Gasteiger charge is -2.14. The number of nitrogens with zero attached hydrogens (tertiary/aromatic N) is 1. The van der Waals surface area contributed by atoms with Crippen molar-refractivity contribution in [3.05, 3.63) is 0 Å². The van der Waals surface area contributed by atoms with E-state index in [1.165, 1.54) is 0 Å². The Labute approximate surface area is 102 Å². The van der Waals surface area contributed by atoms with Gasteiger partial charge in [0.25, 0.3) is 0 Å². The van der Waals surface area contributed by atoms with Gasteiger partial charge in [0.05, 0.1) is 12.5 Å². The Kier molecular flexibility index (Phi) is 5.41. The van der Waals surface area contributed by atoms with E-state index in [4.69, 9.17) is 5.11 Å². The number of unbranched alkanes of at least 4 members (excludes halogenated alkanes) is 1. The molecule has 1 rings (SSSR count). The van der Waals surface area contributed by atoms with E-state index in [2.05, 4.69) is 12.2 Å². The second-order valence-electron chi connectivity index (χ2n) is 4.82. The predicted octanol–water partition coefficient (Wildman–Crippen LogP) is 0.555. The highest BCUT2D eigenvalue weighted by Gasteiger charge is 2.35. The maximum atomic E-state index is 11.6. The molecule has 0 aromatic carbocycles. The number of carboxylic acid groups (broad SMARTS) is 1. The number of rotatable bonds is 6. The zero-order valence-corrected chi connectivity index (χ0v) is 10.6. The van der Waals surface area contributed by atoms with Crippen LogP contribution in [0, 0.1) is 11.8 Å². The number of carbonyl (C=O) groups is 2. The van der Waals surface area contributed by atoms with E-state index in [0.29, 0.717) is 26.2 Å². The van der Waals surface area contributed by atoms with E-state index in [1.807, 2.05) is 11.8 Å². The summed E-state index contributed by atoms with van der Waals surface area (Å²) in [4.78, 5) is 24.4. The van der Waals surface area contributed by atoms with E-state index in [9.17, 15) is 9.59 Å². The molecular formula is C12H22N2O3. The van der Waals surface area contributed by atoms with Crippen molar-refractivity contribution in [2.45, 2.75) is 26.7 Å². The van der Waals surface area contributed by atoms with E-state index >= 15 is 0 Å². The molecule has 1 aliphatic rings. The number of amides is 1. The maximum Gasteiger partial charge on any atom is 0.308 e. The number of hydrogen-bond donors (Lipinski definition) is 2. The Bertz CT molecular complexity index is 281. The Hall–Kier alpha value is -1.10. The fraction of sp³-hybridized carbons (Fsp3) is 0.833. The summed E-state index contributed by atoms with van der Waals surface area (Å²) in [6.07, 6.45) is 2.04. The van der Waals surface area contributed by atoms with Gasteiger partial charge in [-0.05, 0) is 12.3 Å². The minimum Gasteiger partial charge on any atom is -0.481 e. The molecule has 2 unspecified atom stereocenters. The predicted molar refractivity (Wildman–Crippen MR) is 64.6 cm³/mol. The van der Waals surface area contributed by atoms with Gasteiger partial charge in [0.2, 0.25) is 5.91 Å². The molecule has 1 amide bonds. The minimum atomic E-state index is -0.758. The molecule has 0 aromatic heterocycles. The fourth-order valence-electron chi connectivity index (χ4n) is 2.18. The highest BCUT2D eigenvalue weighted by atomic mass is 16.4. The maximum absolute atomic E-state index is 11.6. The second kappa shape index (κ2) is 6.59. The van der Waals surface area contributed by atoms with Crippen molar-refractivity contribution in [2.75, 3.05) is 26.2 Å². The molecule has 1 aliphatic heterocycles. The smallest absolute Gasteiger partial charge is 0.308 e. The summed E-state index contributed by atoms with van der Waals surface area (Å²) in [5.41, 5.74) is 0. The Morgan fingerprint density at radius 1 is 1.41 bits per heavy atom. The van der Waals surface area contributed by atoms with E-state index in [-0.39, 0.29) is 17.7 Å². The Morgan fingerprint density at radius 2 is 2.12 bits per heavy atom. The van der Waals surface area contributed by atoms with Crippen molar-refractivity contribution in [1.29, 1.82) is 0 Å². The van der Waals surface area contributed by atoms with Gasteiger partial charge in [0, 0.05) is 19.6 Å². The Morgan fingerprint density at radius 3 is 2.65 bits per heavy atom. The van der Waals surface area contributed by atoms with Gasteiger partial charge in [0.1, 0.15) is 0 Å². The van der Waals surface area contributed by atoms with Crippen LogP contribution in [0.2, 0.25) is 0 Å². The van der Waals surface area contributed by atoms with Crippen LogP contribution in [-0.2, 0) is 9.59 Å². The summed E-state index contributed by atoms with van der Waals surface area (Å²) < 4.78 is 0. The van der Waals surface area contributed by atoms with Crippen molar-refractivity contribution < 1.29 is 14.7 Å². The van der Waals surface area contributed by atoms with Crippen LogP contribution in [0.3, 0.4) is 0 Å². The summed E-state index contributed by atoms with van der Waals surface area (Å²) in [6, 6.07) is 0. The highest BCUT2D eigenvalue weighted by molar-refractivity contribution is 5.78. The molecule has 98 valence electrons. The minimum absolute atomic E-state index is 0.00307. The molecule has 0 radical (unpaired) electrons. The normalized spacial score (nSPS) is 24.8.